The first-order valence-electron chi connectivity index (χ1n) is 10.5. The zero-order valence-corrected chi connectivity index (χ0v) is 19.7. The largest absolute Gasteiger partial charge is 0.492 e. The number of hydrogen-bond donors (Lipinski definition) is 1. The molecule has 1 aliphatic heterocycles. The number of hydrogen-bond acceptors (Lipinski definition) is 6. The number of fused-ring (bicyclic) bond motifs is 1. The second kappa shape index (κ2) is 10.3. The summed E-state index contributed by atoms with van der Waals surface area (Å²) in [7, 11) is 0. The van der Waals surface area contributed by atoms with Gasteiger partial charge in [-0.05, 0) is 24.6 Å². The molecule has 1 amide bonds. The van der Waals surface area contributed by atoms with Crippen LogP contribution in [0, 0.1) is 0 Å². The van der Waals surface area contributed by atoms with Gasteiger partial charge in [0.25, 0.3) is 5.56 Å². The molecule has 3 aromatic rings. The predicted molar refractivity (Wildman–Crippen MR) is 130 cm³/mol. The lowest BCUT2D eigenvalue weighted by Gasteiger charge is -2.14. The van der Waals surface area contributed by atoms with Gasteiger partial charge in [0.15, 0.2) is 5.16 Å². The van der Waals surface area contributed by atoms with E-state index in [2.05, 4.69) is 12.2 Å². The molecule has 32 heavy (non-hydrogen) atoms. The first-order chi connectivity index (χ1) is 15.5. The summed E-state index contributed by atoms with van der Waals surface area (Å²) < 4.78 is 7.27. The number of nitrogens with one attached hydrogen (secondary N) is 1. The van der Waals surface area contributed by atoms with Crippen molar-refractivity contribution in [1.82, 2.24) is 9.55 Å². The molecular weight excluding hydrogens is 442 g/mol. The van der Waals surface area contributed by atoms with Crippen LogP contribution in [0.15, 0.2) is 69.4 Å². The summed E-state index contributed by atoms with van der Waals surface area (Å²) in [5.41, 5.74) is 2.46. The number of amides is 1. The second-order valence-electron chi connectivity index (χ2n) is 7.45. The van der Waals surface area contributed by atoms with E-state index < -0.39 is 0 Å². The van der Waals surface area contributed by atoms with Crippen molar-refractivity contribution in [1.29, 1.82) is 0 Å². The normalized spacial score (nSPS) is 14.8. The van der Waals surface area contributed by atoms with Crippen molar-refractivity contribution in [3.8, 4) is 5.75 Å². The van der Waals surface area contributed by atoms with Gasteiger partial charge in [0, 0.05) is 11.7 Å². The predicted octanol–water partition coefficient (Wildman–Crippen LogP) is 4.46. The van der Waals surface area contributed by atoms with E-state index in [1.807, 2.05) is 61.5 Å². The topological polar surface area (TPSA) is 73.2 Å². The summed E-state index contributed by atoms with van der Waals surface area (Å²) in [6.45, 7) is 4.94. The number of ether oxygens (including phenoxy) is 1. The van der Waals surface area contributed by atoms with Crippen molar-refractivity contribution in [2.75, 3.05) is 17.7 Å². The molecule has 1 aliphatic rings. The number of aromatic nitrogens is 2. The van der Waals surface area contributed by atoms with E-state index in [0.29, 0.717) is 35.0 Å². The summed E-state index contributed by atoms with van der Waals surface area (Å²) >= 11 is 2.87. The maximum Gasteiger partial charge on any atom is 0.268 e. The molecule has 0 saturated carbocycles. The molecule has 0 saturated heterocycles. The molecule has 2 aromatic carbocycles. The summed E-state index contributed by atoms with van der Waals surface area (Å²) in [5, 5.41) is 3.80. The number of benzene rings is 2. The molecule has 1 N–H and O–H groups in total. The van der Waals surface area contributed by atoms with E-state index in [0.717, 1.165) is 22.6 Å². The molecule has 1 atom stereocenters. The van der Waals surface area contributed by atoms with Crippen LogP contribution in [-0.2, 0) is 17.8 Å². The van der Waals surface area contributed by atoms with E-state index in [4.69, 9.17) is 9.72 Å². The maximum atomic E-state index is 13.3. The zero-order chi connectivity index (χ0) is 22.5. The molecule has 0 bridgehead atoms. The smallest absolute Gasteiger partial charge is 0.268 e. The van der Waals surface area contributed by atoms with Crippen molar-refractivity contribution >= 4 is 35.1 Å². The fourth-order valence-corrected chi connectivity index (χ4v) is 5.44. The Morgan fingerprint density at radius 1 is 1.22 bits per heavy atom. The third-order valence-electron chi connectivity index (χ3n) is 4.94. The van der Waals surface area contributed by atoms with Gasteiger partial charge in [0.1, 0.15) is 5.75 Å². The van der Waals surface area contributed by atoms with Gasteiger partial charge >= 0.3 is 0 Å². The van der Waals surface area contributed by atoms with Crippen molar-refractivity contribution in [3.63, 3.8) is 0 Å². The minimum Gasteiger partial charge on any atom is -0.492 e. The van der Waals surface area contributed by atoms with Gasteiger partial charge in [-0.2, -0.15) is 0 Å². The van der Waals surface area contributed by atoms with Gasteiger partial charge in [-0.3, -0.25) is 14.2 Å². The Balaban J connectivity index is 1.55. The molecular formula is C24H25N3O3S2. The molecule has 6 nitrogen and oxygen atoms in total. The van der Waals surface area contributed by atoms with Crippen LogP contribution >= 0.6 is 23.5 Å². The van der Waals surface area contributed by atoms with Crippen molar-refractivity contribution in [2.24, 2.45) is 0 Å². The number of carbonyl (C=O) groups is 1. The van der Waals surface area contributed by atoms with Crippen molar-refractivity contribution in [3.05, 3.63) is 76.2 Å². The van der Waals surface area contributed by atoms with Crippen molar-refractivity contribution < 1.29 is 9.53 Å². The fraction of sp³-hybridized carbons (Fsp3) is 0.292. The fourth-order valence-electron chi connectivity index (χ4n) is 3.51. The molecule has 0 radical (unpaired) electrons. The first-order valence-corrected chi connectivity index (χ1v) is 12.4. The number of anilines is 1. The summed E-state index contributed by atoms with van der Waals surface area (Å²) in [5.74, 6) is 0.602. The van der Waals surface area contributed by atoms with Gasteiger partial charge in [-0.1, -0.05) is 61.2 Å². The molecule has 2 heterocycles. The maximum absolute atomic E-state index is 13.3. The third-order valence-corrected chi connectivity index (χ3v) is 7.13. The molecule has 0 fully saturated rings. The lowest BCUT2D eigenvalue weighted by molar-refractivity contribution is -0.113. The SMILES string of the molecule is CCOc1ccccc1NC(=O)CSc1nc2c(c(=O)n1Cc1ccccc1)S[C@H](C)C2. The number of para-hydroxylation sites is 2. The van der Waals surface area contributed by atoms with Crippen LogP contribution in [0.1, 0.15) is 25.1 Å². The van der Waals surface area contributed by atoms with Crippen molar-refractivity contribution in [2.45, 2.75) is 42.1 Å². The van der Waals surface area contributed by atoms with Crippen LogP contribution in [0.25, 0.3) is 0 Å². The van der Waals surface area contributed by atoms with Crippen LogP contribution in [0.3, 0.4) is 0 Å². The Labute approximate surface area is 195 Å². The van der Waals surface area contributed by atoms with E-state index in [9.17, 15) is 9.59 Å². The van der Waals surface area contributed by atoms with Crippen LogP contribution in [-0.4, -0.2) is 33.1 Å². The highest BCUT2D eigenvalue weighted by Gasteiger charge is 2.26. The molecule has 8 heteroatoms. The number of thioether (sulfide) groups is 2. The lowest BCUT2D eigenvalue weighted by atomic mass is 10.2. The van der Waals surface area contributed by atoms with Gasteiger partial charge in [-0.15, -0.1) is 11.8 Å². The molecule has 1 aromatic heterocycles. The average molecular weight is 468 g/mol. The minimum absolute atomic E-state index is 0.0298. The standard InChI is InChI=1S/C24H25N3O3S2/c1-3-30-20-12-8-7-11-18(20)25-21(28)15-31-24-26-19-13-16(2)32-22(19)23(29)27(24)14-17-9-5-4-6-10-17/h4-12,16H,3,13-15H2,1-2H3,(H,25,28)/t16-/m1/s1. The first kappa shape index (κ1) is 22.5. The molecule has 0 spiro atoms. The van der Waals surface area contributed by atoms with Crippen LogP contribution < -0.4 is 15.6 Å². The van der Waals surface area contributed by atoms with E-state index in [-0.39, 0.29) is 17.2 Å². The molecule has 166 valence electrons. The van der Waals surface area contributed by atoms with E-state index in [1.54, 1.807) is 16.3 Å². The van der Waals surface area contributed by atoms with Crippen LogP contribution in [0.4, 0.5) is 5.69 Å². The molecule has 0 unspecified atom stereocenters. The van der Waals surface area contributed by atoms with Gasteiger partial charge in [-0.25, -0.2) is 4.98 Å². The lowest BCUT2D eigenvalue weighted by Crippen LogP contribution is -2.26. The Morgan fingerprint density at radius 3 is 2.75 bits per heavy atom. The van der Waals surface area contributed by atoms with Gasteiger partial charge in [0.2, 0.25) is 5.91 Å². The number of carbonyl (C=O) groups excluding carboxylic acids is 1. The highest BCUT2D eigenvalue weighted by molar-refractivity contribution is 8.00. The van der Waals surface area contributed by atoms with E-state index >= 15 is 0 Å². The molecule has 4 rings (SSSR count). The minimum atomic E-state index is -0.175. The average Bonchev–Trinajstić information content (AvgIpc) is 3.17. The highest BCUT2D eigenvalue weighted by Crippen LogP contribution is 2.34. The summed E-state index contributed by atoms with van der Waals surface area (Å²) in [6.07, 6.45) is 0.767. The summed E-state index contributed by atoms with van der Waals surface area (Å²) in [6, 6.07) is 17.2. The second-order valence-corrected chi connectivity index (χ2v) is 9.84. The Hall–Kier alpha value is -2.71. The third kappa shape index (κ3) is 5.19. The van der Waals surface area contributed by atoms with Crippen LogP contribution in [0.5, 0.6) is 5.75 Å². The number of nitrogens with zero attached hydrogens (tertiary/aromatic N) is 2. The Morgan fingerprint density at radius 2 is 1.97 bits per heavy atom. The highest BCUT2D eigenvalue weighted by atomic mass is 32.2. The van der Waals surface area contributed by atoms with Gasteiger partial charge < -0.3 is 10.1 Å². The van der Waals surface area contributed by atoms with Gasteiger partial charge in [0.05, 0.1) is 35.2 Å². The quantitative estimate of drug-likeness (QED) is 0.390. The zero-order valence-electron chi connectivity index (χ0n) is 18.0. The number of rotatable bonds is 8. The summed E-state index contributed by atoms with van der Waals surface area (Å²) in [4.78, 5) is 31.4. The Bertz CT molecular complexity index is 1160. The monoisotopic (exact) mass is 467 g/mol. The Kier molecular flexibility index (Phi) is 7.22. The van der Waals surface area contributed by atoms with E-state index in [1.165, 1.54) is 11.8 Å². The molecule has 0 aliphatic carbocycles. The van der Waals surface area contributed by atoms with Crippen LogP contribution in [0.2, 0.25) is 0 Å².